The lowest BCUT2D eigenvalue weighted by Gasteiger charge is -2.28. The van der Waals surface area contributed by atoms with Gasteiger partial charge in [-0.3, -0.25) is 14.2 Å². The lowest BCUT2D eigenvalue weighted by Crippen LogP contribution is -2.37. The lowest BCUT2D eigenvalue weighted by molar-refractivity contribution is -0.870. The second-order valence-corrected chi connectivity index (χ2v) is 23.1. The van der Waals surface area contributed by atoms with Crippen LogP contribution >= 0.6 is 7.82 Å². The molecule has 0 aliphatic carbocycles. The second-order valence-electron chi connectivity index (χ2n) is 21.7. The number of nitrogens with zero attached hydrogens (tertiary/aromatic N) is 1. The molecule has 0 saturated carbocycles. The van der Waals surface area contributed by atoms with Gasteiger partial charge in [0.2, 0.25) is 0 Å². The minimum absolute atomic E-state index is 0.0421. The van der Waals surface area contributed by atoms with Gasteiger partial charge in [0.15, 0.2) is 6.10 Å². The molecule has 0 saturated heterocycles. The van der Waals surface area contributed by atoms with E-state index in [-0.39, 0.29) is 26.1 Å². The molecular formula is C67H116NO8P. The summed E-state index contributed by atoms with van der Waals surface area (Å²) in [6.45, 7) is 4.10. The van der Waals surface area contributed by atoms with E-state index < -0.39 is 32.5 Å². The van der Waals surface area contributed by atoms with E-state index in [2.05, 4.69) is 123 Å². The summed E-state index contributed by atoms with van der Waals surface area (Å²) in [5.74, 6) is -0.871. The third-order valence-electron chi connectivity index (χ3n) is 13.1. The molecule has 0 N–H and O–H groups in total. The largest absolute Gasteiger partial charge is 0.756 e. The van der Waals surface area contributed by atoms with E-state index in [4.69, 9.17) is 18.5 Å². The van der Waals surface area contributed by atoms with Crippen LogP contribution in [-0.4, -0.2) is 70.0 Å². The van der Waals surface area contributed by atoms with Gasteiger partial charge in [-0.1, -0.05) is 264 Å². The van der Waals surface area contributed by atoms with Crippen molar-refractivity contribution < 1.29 is 42.1 Å². The molecule has 0 spiro atoms. The molecule has 0 aromatic heterocycles. The first-order valence-corrected chi connectivity index (χ1v) is 32.6. The number of hydrogen-bond donors (Lipinski definition) is 0. The Labute approximate surface area is 474 Å². The van der Waals surface area contributed by atoms with Crippen LogP contribution in [0.15, 0.2) is 109 Å². The average Bonchev–Trinajstić information content (AvgIpc) is 3.39. The highest BCUT2D eigenvalue weighted by Gasteiger charge is 2.22. The molecule has 0 bridgehead atoms. The van der Waals surface area contributed by atoms with Gasteiger partial charge in [-0.2, -0.15) is 0 Å². The van der Waals surface area contributed by atoms with Crippen LogP contribution in [0, 0.1) is 0 Å². The summed E-state index contributed by atoms with van der Waals surface area (Å²) < 4.78 is 34.2. The summed E-state index contributed by atoms with van der Waals surface area (Å²) in [5, 5.41) is 0. The number of phosphoric acid groups is 1. The Kier molecular flexibility index (Phi) is 54.9. The number of likely N-dealkylation sites (N-methyl/N-ethyl adjacent to an activating group) is 1. The molecule has 442 valence electrons. The third kappa shape index (κ3) is 61.7. The molecule has 0 heterocycles. The minimum Gasteiger partial charge on any atom is -0.756 e. The summed E-state index contributed by atoms with van der Waals surface area (Å²) in [7, 11) is 1.13. The van der Waals surface area contributed by atoms with Gasteiger partial charge >= 0.3 is 11.9 Å². The molecule has 10 heteroatoms. The monoisotopic (exact) mass is 1090 g/mol. The Hall–Kier alpha value is -3.33. The molecule has 9 nitrogen and oxygen atoms in total. The zero-order chi connectivity index (χ0) is 56.3. The Balaban J connectivity index is 4.24. The van der Waals surface area contributed by atoms with Crippen LogP contribution in [-0.2, 0) is 32.7 Å². The number of esters is 2. The van der Waals surface area contributed by atoms with Crippen molar-refractivity contribution in [1.29, 1.82) is 0 Å². The van der Waals surface area contributed by atoms with Crippen molar-refractivity contribution in [2.75, 3.05) is 47.5 Å². The summed E-state index contributed by atoms with van der Waals surface area (Å²) in [6, 6.07) is 0. The average molecular weight is 1090 g/mol. The van der Waals surface area contributed by atoms with Crippen LogP contribution in [0.4, 0.5) is 0 Å². The number of rotatable bonds is 56. The number of carbonyl (C=O) groups excluding carboxylic acids is 2. The minimum atomic E-state index is -4.65. The van der Waals surface area contributed by atoms with Gasteiger partial charge in [0.25, 0.3) is 7.82 Å². The molecule has 0 radical (unpaired) electrons. The number of phosphoric ester groups is 1. The third-order valence-corrected chi connectivity index (χ3v) is 14.0. The smallest absolute Gasteiger partial charge is 0.306 e. The number of carbonyl (C=O) groups is 2. The van der Waals surface area contributed by atoms with Crippen LogP contribution in [0.25, 0.3) is 0 Å². The molecule has 77 heavy (non-hydrogen) atoms. The molecule has 0 aromatic carbocycles. The number of unbranched alkanes of at least 4 members (excludes halogenated alkanes) is 24. The van der Waals surface area contributed by atoms with Gasteiger partial charge in [-0.05, 0) is 83.5 Å². The van der Waals surface area contributed by atoms with E-state index in [0.29, 0.717) is 17.4 Å². The number of hydrogen-bond acceptors (Lipinski definition) is 8. The summed E-state index contributed by atoms with van der Waals surface area (Å²) in [6.07, 6.45) is 80.0. The first-order chi connectivity index (χ1) is 37.5. The van der Waals surface area contributed by atoms with Gasteiger partial charge in [-0.25, -0.2) is 0 Å². The van der Waals surface area contributed by atoms with Crippen molar-refractivity contribution in [2.45, 2.75) is 258 Å². The van der Waals surface area contributed by atoms with Crippen molar-refractivity contribution in [1.82, 2.24) is 0 Å². The van der Waals surface area contributed by atoms with Gasteiger partial charge in [0.1, 0.15) is 19.8 Å². The SMILES string of the molecule is CC/C=C\C/C=C\C/C=C\C/C=C\C/C=C\C/C=C\C/C=C\C/C=C\C/C=C\CCCCCC(=O)OC(COC(=O)CCCCCCCCCCCCCCCCCCCCCCCC)COP(=O)([O-])OCC[N+](C)(C)C. The Morgan fingerprint density at radius 1 is 0.416 bits per heavy atom. The Bertz CT molecular complexity index is 1670. The maximum atomic E-state index is 12.8. The van der Waals surface area contributed by atoms with Gasteiger partial charge in [0.05, 0.1) is 27.7 Å². The fourth-order valence-electron chi connectivity index (χ4n) is 8.30. The highest BCUT2D eigenvalue weighted by Crippen LogP contribution is 2.38. The van der Waals surface area contributed by atoms with Crippen molar-refractivity contribution in [2.24, 2.45) is 0 Å². The topological polar surface area (TPSA) is 111 Å². The van der Waals surface area contributed by atoms with E-state index in [9.17, 15) is 19.0 Å². The first kappa shape index (κ1) is 73.7. The van der Waals surface area contributed by atoms with Gasteiger partial charge in [-0.15, -0.1) is 0 Å². The van der Waals surface area contributed by atoms with E-state index in [1.807, 2.05) is 21.1 Å². The zero-order valence-corrected chi connectivity index (χ0v) is 51.0. The fraction of sp³-hybridized carbons (Fsp3) is 0.701. The normalized spacial score (nSPS) is 14.0. The predicted octanol–water partition coefficient (Wildman–Crippen LogP) is 19.1. The standard InChI is InChI=1S/C67H116NO8P/c1-6-8-10-12-14-16-18-20-22-24-26-28-30-31-32-33-34-35-36-37-38-40-42-44-46-48-50-52-54-56-58-60-67(70)76-65(64-75-77(71,72)74-62-61-68(3,4)5)63-73-66(69)59-57-55-53-51-49-47-45-43-41-39-29-27-25-23-21-19-17-15-13-11-9-7-2/h8,10,14,16,20,22,26,28,31-32,34-35,37-38,42,44,48,50,65H,6-7,9,11-13,15,17-19,21,23-25,27,29-30,33,36,39-41,43,45-47,49,51-64H2,1-5H3/b10-8-,16-14-,22-20-,28-26-,32-31-,35-34-,38-37-,44-42-,50-48-. The molecule has 0 amide bonds. The van der Waals surface area contributed by atoms with E-state index >= 15 is 0 Å². The van der Waals surface area contributed by atoms with Gasteiger partial charge in [0, 0.05) is 12.8 Å². The molecular weight excluding hydrogens is 978 g/mol. The summed E-state index contributed by atoms with van der Waals surface area (Å²) in [5.41, 5.74) is 0. The van der Waals surface area contributed by atoms with Crippen LogP contribution in [0.2, 0.25) is 0 Å². The van der Waals surface area contributed by atoms with E-state index in [1.54, 1.807) is 0 Å². The molecule has 2 atom stereocenters. The van der Waals surface area contributed by atoms with Crippen molar-refractivity contribution in [3.63, 3.8) is 0 Å². The first-order valence-electron chi connectivity index (χ1n) is 31.1. The van der Waals surface area contributed by atoms with E-state index in [0.717, 1.165) is 96.3 Å². The van der Waals surface area contributed by atoms with Crippen LogP contribution in [0.5, 0.6) is 0 Å². The van der Waals surface area contributed by atoms with E-state index in [1.165, 1.54) is 122 Å². The predicted molar refractivity (Wildman–Crippen MR) is 328 cm³/mol. The number of allylic oxidation sites excluding steroid dienone is 18. The molecule has 2 unspecified atom stereocenters. The van der Waals surface area contributed by atoms with Crippen molar-refractivity contribution >= 4 is 19.8 Å². The number of ether oxygens (including phenoxy) is 2. The highest BCUT2D eigenvalue weighted by atomic mass is 31.2. The van der Waals surface area contributed by atoms with Crippen LogP contribution < -0.4 is 4.89 Å². The number of quaternary nitrogens is 1. The van der Waals surface area contributed by atoms with Crippen LogP contribution in [0.1, 0.15) is 251 Å². The molecule has 0 fully saturated rings. The van der Waals surface area contributed by atoms with Crippen molar-refractivity contribution in [3.05, 3.63) is 109 Å². The lowest BCUT2D eigenvalue weighted by atomic mass is 10.0. The molecule has 0 rings (SSSR count). The van der Waals surface area contributed by atoms with Gasteiger partial charge < -0.3 is 27.9 Å². The molecule has 0 aromatic rings. The Morgan fingerprint density at radius 3 is 1.10 bits per heavy atom. The summed E-state index contributed by atoms with van der Waals surface area (Å²) >= 11 is 0. The molecule has 0 aliphatic heterocycles. The second kappa shape index (κ2) is 57.4. The quantitative estimate of drug-likeness (QED) is 0.0195. The van der Waals surface area contributed by atoms with Crippen LogP contribution in [0.3, 0.4) is 0 Å². The highest BCUT2D eigenvalue weighted by molar-refractivity contribution is 7.45. The zero-order valence-electron chi connectivity index (χ0n) is 50.1. The van der Waals surface area contributed by atoms with Crippen molar-refractivity contribution in [3.8, 4) is 0 Å². The fourth-order valence-corrected chi connectivity index (χ4v) is 9.02. The maximum Gasteiger partial charge on any atom is 0.306 e. The maximum absolute atomic E-state index is 12.8. The molecule has 0 aliphatic rings. The Morgan fingerprint density at radius 2 is 0.740 bits per heavy atom. The summed E-state index contributed by atoms with van der Waals surface area (Å²) in [4.78, 5) is 37.9.